The van der Waals surface area contributed by atoms with E-state index in [0.717, 1.165) is 51.0 Å². The highest BCUT2D eigenvalue weighted by Gasteiger charge is 2.30. The highest BCUT2D eigenvalue weighted by Crippen LogP contribution is 2.27. The first kappa shape index (κ1) is 19.8. The van der Waals surface area contributed by atoms with E-state index < -0.39 is 5.97 Å². The van der Waals surface area contributed by atoms with Gasteiger partial charge in [-0.1, -0.05) is 24.3 Å². The van der Waals surface area contributed by atoms with Gasteiger partial charge in [0.05, 0.1) is 18.4 Å². The van der Waals surface area contributed by atoms with Crippen molar-refractivity contribution in [2.75, 3.05) is 26.2 Å². The molecule has 0 amide bonds. The number of rotatable bonds is 8. The van der Waals surface area contributed by atoms with Crippen LogP contribution in [-0.2, 0) is 9.63 Å². The number of benzene rings is 1. The van der Waals surface area contributed by atoms with Crippen molar-refractivity contribution in [3.8, 4) is 0 Å². The fourth-order valence-electron chi connectivity index (χ4n) is 3.79. The first-order valence-electron chi connectivity index (χ1n) is 9.85. The average molecular weight is 374 g/mol. The number of hydrogen-bond acceptors (Lipinski definition) is 6. The number of nitrogens with zero attached hydrogens (tertiary/aromatic N) is 2. The molecule has 3 N–H and O–H groups in total. The van der Waals surface area contributed by atoms with E-state index in [1.54, 1.807) is 0 Å². The van der Waals surface area contributed by atoms with Gasteiger partial charge in [0.2, 0.25) is 0 Å². The smallest absolute Gasteiger partial charge is 0.303 e. The molecule has 3 rings (SSSR count). The highest BCUT2D eigenvalue weighted by atomic mass is 16.7. The van der Waals surface area contributed by atoms with Crippen LogP contribution in [0.3, 0.4) is 0 Å². The summed E-state index contributed by atoms with van der Waals surface area (Å²) < 4.78 is 0. The van der Waals surface area contributed by atoms with Crippen molar-refractivity contribution >= 4 is 12.2 Å². The van der Waals surface area contributed by atoms with Crippen molar-refractivity contribution in [2.24, 2.45) is 11.0 Å². The third-order valence-electron chi connectivity index (χ3n) is 5.31. The second-order valence-corrected chi connectivity index (χ2v) is 7.42. The first-order valence-corrected chi connectivity index (χ1v) is 9.85. The number of carboxylic acids is 1. The minimum atomic E-state index is -0.682. The molecule has 2 unspecified atom stereocenters. The van der Waals surface area contributed by atoms with Crippen LogP contribution in [0.25, 0.3) is 0 Å². The third kappa shape index (κ3) is 6.02. The number of likely N-dealkylation sites (tertiary alicyclic amines) is 1. The SMILES string of the molecule is CCNN=Cc1ccc(C2CC(CN3CCC(CC(=O)O)CC3)ON2)cc1. The third-order valence-corrected chi connectivity index (χ3v) is 5.31. The largest absolute Gasteiger partial charge is 0.481 e. The Morgan fingerprint density at radius 3 is 2.78 bits per heavy atom. The van der Waals surface area contributed by atoms with Crippen molar-refractivity contribution in [1.82, 2.24) is 15.8 Å². The van der Waals surface area contributed by atoms with Gasteiger partial charge in [-0.05, 0) is 56.3 Å². The summed E-state index contributed by atoms with van der Waals surface area (Å²) in [5, 5.41) is 13.0. The normalized spacial score (nSPS) is 24.5. The molecule has 2 aliphatic heterocycles. The summed E-state index contributed by atoms with van der Waals surface area (Å²) in [6.45, 7) is 5.65. The molecule has 1 aromatic carbocycles. The van der Waals surface area contributed by atoms with E-state index >= 15 is 0 Å². The van der Waals surface area contributed by atoms with E-state index in [1.807, 2.05) is 13.1 Å². The molecule has 27 heavy (non-hydrogen) atoms. The minimum absolute atomic E-state index is 0.168. The number of hydroxylamine groups is 1. The van der Waals surface area contributed by atoms with Gasteiger partial charge in [-0.3, -0.25) is 9.63 Å². The van der Waals surface area contributed by atoms with Crippen molar-refractivity contribution < 1.29 is 14.7 Å². The molecule has 2 saturated heterocycles. The number of hydrazone groups is 1. The molecule has 0 bridgehead atoms. The van der Waals surface area contributed by atoms with Crippen LogP contribution in [0.1, 0.15) is 49.8 Å². The van der Waals surface area contributed by atoms with E-state index in [9.17, 15) is 4.79 Å². The van der Waals surface area contributed by atoms with Crippen LogP contribution in [0, 0.1) is 5.92 Å². The van der Waals surface area contributed by atoms with E-state index in [1.165, 1.54) is 5.56 Å². The van der Waals surface area contributed by atoms with Gasteiger partial charge < -0.3 is 15.4 Å². The van der Waals surface area contributed by atoms with Crippen LogP contribution in [-0.4, -0.2) is 54.5 Å². The van der Waals surface area contributed by atoms with Gasteiger partial charge in [0.25, 0.3) is 0 Å². The highest BCUT2D eigenvalue weighted by molar-refractivity contribution is 5.79. The summed E-state index contributed by atoms with van der Waals surface area (Å²) in [6, 6.07) is 8.58. The van der Waals surface area contributed by atoms with Crippen molar-refractivity contribution in [2.45, 2.75) is 44.8 Å². The van der Waals surface area contributed by atoms with Crippen molar-refractivity contribution in [3.05, 3.63) is 35.4 Å². The summed E-state index contributed by atoms with van der Waals surface area (Å²) in [4.78, 5) is 19.0. The first-order chi connectivity index (χ1) is 13.1. The summed E-state index contributed by atoms with van der Waals surface area (Å²) in [7, 11) is 0. The topological polar surface area (TPSA) is 86.2 Å². The van der Waals surface area contributed by atoms with E-state index in [2.05, 4.69) is 45.2 Å². The maximum absolute atomic E-state index is 10.8. The predicted molar refractivity (Wildman–Crippen MR) is 104 cm³/mol. The molecule has 7 heteroatoms. The zero-order valence-corrected chi connectivity index (χ0v) is 15.9. The predicted octanol–water partition coefficient (Wildman–Crippen LogP) is 2.15. The Morgan fingerprint density at radius 1 is 1.37 bits per heavy atom. The maximum atomic E-state index is 10.8. The molecule has 1 aromatic rings. The lowest BCUT2D eigenvalue weighted by molar-refractivity contribution is -0.138. The van der Waals surface area contributed by atoms with Crippen LogP contribution in [0.4, 0.5) is 0 Å². The molecule has 2 atom stereocenters. The Kier molecular flexibility index (Phi) is 7.20. The molecule has 0 spiro atoms. The van der Waals surface area contributed by atoms with E-state index in [-0.39, 0.29) is 12.1 Å². The van der Waals surface area contributed by atoms with Gasteiger partial charge in [0.1, 0.15) is 0 Å². The van der Waals surface area contributed by atoms with Gasteiger partial charge in [0, 0.05) is 19.5 Å². The zero-order chi connectivity index (χ0) is 19.1. The molecular formula is C20H30N4O3. The molecule has 2 fully saturated rings. The number of aliphatic carboxylic acids is 1. The summed E-state index contributed by atoms with van der Waals surface area (Å²) in [5.74, 6) is -0.359. The standard InChI is InChI=1S/C20H30N4O3/c1-2-21-22-13-16-3-5-17(6-4-16)19-12-18(27-23-19)14-24-9-7-15(8-10-24)11-20(25)26/h3-6,13,15,18-19,21,23H,2,7-12,14H2,1H3,(H,25,26). The van der Waals surface area contributed by atoms with Crippen molar-refractivity contribution in [3.63, 3.8) is 0 Å². The molecular weight excluding hydrogens is 344 g/mol. The second kappa shape index (κ2) is 9.82. The van der Waals surface area contributed by atoms with Gasteiger partial charge in [-0.25, -0.2) is 0 Å². The van der Waals surface area contributed by atoms with Crippen LogP contribution in [0.15, 0.2) is 29.4 Å². The molecule has 0 radical (unpaired) electrons. The van der Waals surface area contributed by atoms with E-state index in [0.29, 0.717) is 12.3 Å². The number of hydrogen-bond donors (Lipinski definition) is 3. The Bertz CT molecular complexity index is 627. The molecule has 2 heterocycles. The van der Waals surface area contributed by atoms with Gasteiger partial charge in [-0.15, -0.1) is 0 Å². The van der Waals surface area contributed by atoms with Crippen LogP contribution in [0.5, 0.6) is 0 Å². The zero-order valence-electron chi connectivity index (χ0n) is 15.9. The van der Waals surface area contributed by atoms with E-state index in [4.69, 9.17) is 9.94 Å². The number of carboxylic acid groups (broad SMARTS) is 1. The molecule has 7 nitrogen and oxygen atoms in total. The summed E-state index contributed by atoms with van der Waals surface area (Å²) in [6.07, 6.45) is 5.16. The van der Waals surface area contributed by atoms with Crippen LogP contribution < -0.4 is 10.9 Å². The monoisotopic (exact) mass is 374 g/mol. The molecule has 0 aliphatic carbocycles. The molecule has 0 aromatic heterocycles. The summed E-state index contributed by atoms with van der Waals surface area (Å²) >= 11 is 0. The van der Waals surface area contributed by atoms with Crippen molar-refractivity contribution in [1.29, 1.82) is 0 Å². The lowest BCUT2D eigenvalue weighted by Gasteiger charge is -2.32. The average Bonchev–Trinajstić information content (AvgIpc) is 3.12. The lowest BCUT2D eigenvalue weighted by Crippen LogP contribution is -2.39. The quantitative estimate of drug-likeness (QED) is 0.477. The molecule has 148 valence electrons. The van der Waals surface area contributed by atoms with Gasteiger partial charge >= 0.3 is 5.97 Å². The number of nitrogens with one attached hydrogen (secondary N) is 2. The number of piperidine rings is 1. The maximum Gasteiger partial charge on any atom is 0.303 e. The molecule has 2 aliphatic rings. The fourth-order valence-corrected chi connectivity index (χ4v) is 3.79. The number of carbonyl (C=O) groups is 1. The summed E-state index contributed by atoms with van der Waals surface area (Å²) in [5.41, 5.74) is 8.38. The Labute approximate surface area is 160 Å². The van der Waals surface area contributed by atoms with Crippen LogP contribution in [0.2, 0.25) is 0 Å². The Hall–Kier alpha value is -1.96. The molecule has 0 saturated carbocycles. The van der Waals surface area contributed by atoms with Gasteiger partial charge in [-0.2, -0.15) is 10.6 Å². The van der Waals surface area contributed by atoms with Crippen LogP contribution >= 0.6 is 0 Å². The fraction of sp³-hybridized carbons (Fsp3) is 0.600. The second-order valence-electron chi connectivity index (χ2n) is 7.42. The minimum Gasteiger partial charge on any atom is -0.481 e. The lowest BCUT2D eigenvalue weighted by atomic mass is 9.93. The Morgan fingerprint density at radius 2 is 2.11 bits per heavy atom. The van der Waals surface area contributed by atoms with Gasteiger partial charge in [0.15, 0.2) is 0 Å². The Balaban J connectivity index is 1.43.